The molecule has 1 saturated carbocycles. The van der Waals surface area contributed by atoms with E-state index < -0.39 is 0 Å². The Bertz CT molecular complexity index is 796. The number of nitrogens with one attached hydrogen (secondary N) is 2. The fourth-order valence-electron chi connectivity index (χ4n) is 3.42. The van der Waals surface area contributed by atoms with Gasteiger partial charge in [0.15, 0.2) is 0 Å². The second-order valence-corrected chi connectivity index (χ2v) is 7.06. The number of para-hydroxylation sites is 1. The van der Waals surface area contributed by atoms with Crippen molar-refractivity contribution in [2.75, 3.05) is 25.0 Å². The number of piperidine rings is 1. The number of benzene rings is 1. The van der Waals surface area contributed by atoms with Crippen LogP contribution >= 0.6 is 0 Å². The van der Waals surface area contributed by atoms with Crippen molar-refractivity contribution in [2.45, 2.75) is 32.2 Å². The molecule has 2 unspecified atom stereocenters. The lowest BCUT2D eigenvalue weighted by Gasteiger charge is -2.31. The number of hydrogen-bond donors (Lipinski definition) is 2. The number of rotatable bonds is 5. The molecule has 1 heterocycles. The van der Waals surface area contributed by atoms with Crippen LogP contribution in [0.15, 0.2) is 24.3 Å². The lowest BCUT2D eigenvalue weighted by atomic mass is 10.1. The van der Waals surface area contributed by atoms with Crippen LogP contribution in [-0.4, -0.2) is 48.5 Å². The van der Waals surface area contributed by atoms with Gasteiger partial charge >= 0.3 is 6.09 Å². The topological polar surface area (TPSA) is 112 Å². The van der Waals surface area contributed by atoms with Crippen molar-refractivity contribution in [1.82, 2.24) is 10.2 Å². The van der Waals surface area contributed by atoms with Gasteiger partial charge in [0.2, 0.25) is 11.8 Å². The quantitative estimate of drug-likeness (QED) is 0.805. The normalized spacial score (nSPS) is 21.4. The van der Waals surface area contributed by atoms with Crippen LogP contribution in [0.1, 0.15) is 31.7 Å². The Labute approximate surface area is 163 Å². The number of amides is 3. The average molecular weight is 384 g/mol. The van der Waals surface area contributed by atoms with Crippen molar-refractivity contribution in [3.05, 3.63) is 29.8 Å². The van der Waals surface area contributed by atoms with Crippen molar-refractivity contribution in [2.24, 2.45) is 11.8 Å². The summed E-state index contributed by atoms with van der Waals surface area (Å²) in [5, 5.41) is 14.8. The van der Waals surface area contributed by atoms with Crippen LogP contribution in [-0.2, 0) is 14.3 Å². The van der Waals surface area contributed by atoms with Crippen molar-refractivity contribution >= 4 is 23.6 Å². The van der Waals surface area contributed by atoms with E-state index in [0.717, 1.165) is 0 Å². The largest absolute Gasteiger partial charge is 0.450 e. The molecule has 148 valence electrons. The Balaban J connectivity index is 1.44. The molecule has 0 aromatic heterocycles. The molecule has 0 bridgehead atoms. The molecule has 1 aromatic carbocycles. The molecule has 2 N–H and O–H groups in total. The molecule has 1 aliphatic carbocycles. The minimum atomic E-state index is -0.369. The standard InChI is InChI=1S/C20H24N4O4/c1-2-28-20(27)24-9-7-14(8-10-24)22-18(25)15-11-16(15)19(26)23-17-6-4-3-5-13(17)12-21/h3-6,14-16H,2,7-11H2,1H3,(H,22,25)(H,23,26). The third kappa shape index (κ3) is 4.60. The predicted octanol–water partition coefficient (Wildman–Crippen LogP) is 1.87. The molecule has 8 heteroatoms. The zero-order valence-corrected chi connectivity index (χ0v) is 15.8. The Hall–Kier alpha value is -3.08. The first-order valence-corrected chi connectivity index (χ1v) is 9.55. The SMILES string of the molecule is CCOC(=O)N1CCC(NC(=O)C2CC2C(=O)Nc2ccccc2C#N)CC1. The molecule has 1 aromatic rings. The molecule has 0 spiro atoms. The third-order valence-electron chi connectivity index (χ3n) is 5.14. The van der Waals surface area contributed by atoms with Gasteiger partial charge in [-0.25, -0.2) is 4.79 Å². The van der Waals surface area contributed by atoms with Crippen molar-refractivity contribution in [1.29, 1.82) is 5.26 Å². The van der Waals surface area contributed by atoms with Gasteiger partial charge < -0.3 is 20.3 Å². The Morgan fingerprint density at radius 3 is 2.54 bits per heavy atom. The number of nitriles is 1. The molecule has 3 amide bonds. The minimum absolute atomic E-state index is 0.00167. The highest BCUT2D eigenvalue weighted by Gasteiger charge is 2.48. The molecule has 2 atom stereocenters. The molecule has 8 nitrogen and oxygen atoms in total. The van der Waals surface area contributed by atoms with Gasteiger partial charge in [-0.05, 0) is 38.3 Å². The molecule has 28 heavy (non-hydrogen) atoms. The fraction of sp³-hybridized carbons (Fsp3) is 0.500. The highest BCUT2D eigenvalue weighted by molar-refractivity contribution is 6.00. The summed E-state index contributed by atoms with van der Waals surface area (Å²) in [7, 11) is 0. The van der Waals surface area contributed by atoms with E-state index in [1.54, 1.807) is 36.1 Å². The second kappa shape index (κ2) is 8.74. The van der Waals surface area contributed by atoms with Gasteiger partial charge in [0.1, 0.15) is 6.07 Å². The Morgan fingerprint density at radius 2 is 1.86 bits per heavy atom. The van der Waals surface area contributed by atoms with Gasteiger partial charge in [-0.3, -0.25) is 9.59 Å². The number of carbonyl (C=O) groups is 3. The zero-order chi connectivity index (χ0) is 20.1. The molecular formula is C20H24N4O4. The summed E-state index contributed by atoms with van der Waals surface area (Å²) in [4.78, 5) is 38.2. The van der Waals surface area contributed by atoms with E-state index in [1.807, 2.05) is 6.07 Å². The van der Waals surface area contributed by atoms with E-state index in [2.05, 4.69) is 10.6 Å². The first kappa shape index (κ1) is 19.7. The highest BCUT2D eigenvalue weighted by atomic mass is 16.6. The van der Waals surface area contributed by atoms with Crippen LogP contribution in [0.2, 0.25) is 0 Å². The van der Waals surface area contributed by atoms with Gasteiger partial charge in [0.25, 0.3) is 0 Å². The van der Waals surface area contributed by atoms with E-state index in [0.29, 0.717) is 50.2 Å². The molecule has 2 aliphatic rings. The van der Waals surface area contributed by atoms with E-state index in [-0.39, 0.29) is 35.8 Å². The summed E-state index contributed by atoms with van der Waals surface area (Å²) in [6.07, 6.45) is 1.53. The van der Waals surface area contributed by atoms with Crippen LogP contribution < -0.4 is 10.6 Å². The summed E-state index contributed by atoms with van der Waals surface area (Å²) >= 11 is 0. The lowest BCUT2D eigenvalue weighted by molar-refractivity contribution is -0.126. The van der Waals surface area contributed by atoms with E-state index in [4.69, 9.17) is 10.00 Å². The van der Waals surface area contributed by atoms with Crippen LogP contribution in [0.3, 0.4) is 0 Å². The summed E-state index contributed by atoms with van der Waals surface area (Å²) in [6.45, 7) is 3.21. The first-order chi connectivity index (χ1) is 13.5. The van der Waals surface area contributed by atoms with Crippen molar-refractivity contribution in [3.63, 3.8) is 0 Å². The van der Waals surface area contributed by atoms with Crippen LogP contribution in [0.4, 0.5) is 10.5 Å². The van der Waals surface area contributed by atoms with Crippen LogP contribution in [0.25, 0.3) is 0 Å². The number of carbonyl (C=O) groups excluding carboxylic acids is 3. The maximum atomic E-state index is 12.4. The summed E-state index contributed by atoms with van der Waals surface area (Å²) in [5.74, 6) is -1.06. The molecule has 1 aliphatic heterocycles. The van der Waals surface area contributed by atoms with E-state index in [1.165, 1.54) is 0 Å². The van der Waals surface area contributed by atoms with E-state index >= 15 is 0 Å². The minimum Gasteiger partial charge on any atom is -0.450 e. The highest BCUT2D eigenvalue weighted by Crippen LogP contribution is 2.40. The zero-order valence-electron chi connectivity index (χ0n) is 15.8. The van der Waals surface area contributed by atoms with Gasteiger partial charge in [0.05, 0.1) is 29.7 Å². The summed E-state index contributed by atoms with van der Waals surface area (Å²) in [6, 6.07) is 8.82. The monoisotopic (exact) mass is 384 g/mol. The van der Waals surface area contributed by atoms with E-state index in [9.17, 15) is 14.4 Å². The van der Waals surface area contributed by atoms with Gasteiger partial charge in [-0.1, -0.05) is 12.1 Å². The summed E-state index contributed by atoms with van der Waals surface area (Å²) < 4.78 is 4.99. The smallest absolute Gasteiger partial charge is 0.409 e. The molecule has 0 radical (unpaired) electrons. The number of ether oxygens (including phenoxy) is 1. The van der Waals surface area contributed by atoms with Gasteiger partial charge in [0, 0.05) is 19.1 Å². The molecule has 3 rings (SSSR count). The maximum absolute atomic E-state index is 12.4. The van der Waals surface area contributed by atoms with Crippen molar-refractivity contribution in [3.8, 4) is 6.07 Å². The molecular weight excluding hydrogens is 360 g/mol. The molecule has 2 fully saturated rings. The Morgan fingerprint density at radius 1 is 1.18 bits per heavy atom. The van der Waals surface area contributed by atoms with Gasteiger partial charge in [-0.2, -0.15) is 5.26 Å². The lowest BCUT2D eigenvalue weighted by Crippen LogP contribution is -2.47. The molecule has 1 saturated heterocycles. The van der Waals surface area contributed by atoms with Crippen molar-refractivity contribution < 1.29 is 19.1 Å². The predicted molar refractivity (Wildman–Crippen MR) is 101 cm³/mol. The third-order valence-corrected chi connectivity index (χ3v) is 5.14. The van der Waals surface area contributed by atoms with Gasteiger partial charge in [-0.15, -0.1) is 0 Å². The number of nitrogens with zero attached hydrogens (tertiary/aromatic N) is 2. The number of likely N-dealkylation sites (tertiary alicyclic amines) is 1. The first-order valence-electron chi connectivity index (χ1n) is 9.55. The number of hydrogen-bond acceptors (Lipinski definition) is 5. The van der Waals surface area contributed by atoms with Crippen LogP contribution in [0.5, 0.6) is 0 Å². The second-order valence-electron chi connectivity index (χ2n) is 7.06. The summed E-state index contributed by atoms with van der Waals surface area (Å²) in [5.41, 5.74) is 0.859. The Kier molecular flexibility index (Phi) is 6.14. The average Bonchev–Trinajstić information content (AvgIpc) is 3.50. The number of anilines is 1. The van der Waals surface area contributed by atoms with Crippen LogP contribution in [0, 0.1) is 23.2 Å². The fourth-order valence-corrected chi connectivity index (χ4v) is 3.42. The maximum Gasteiger partial charge on any atom is 0.409 e.